The minimum absolute atomic E-state index is 0.0524. The van der Waals surface area contributed by atoms with Gasteiger partial charge in [0, 0.05) is 32.2 Å². The second-order valence-electron chi connectivity index (χ2n) is 6.55. The average Bonchev–Trinajstić information content (AvgIpc) is 2.67. The van der Waals surface area contributed by atoms with Crippen molar-refractivity contribution >= 4 is 18.1 Å². The van der Waals surface area contributed by atoms with Crippen molar-refractivity contribution in [2.75, 3.05) is 32.7 Å². The van der Waals surface area contributed by atoms with E-state index in [0.29, 0.717) is 39.0 Å². The van der Waals surface area contributed by atoms with Gasteiger partial charge in [-0.3, -0.25) is 9.69 Å². The number of nitrogens with zero attached hydrogens (tertiary/aromatic N) is 3. The molecule has 2 fully saturated rings. The predicted octanol–water partition coefficient (Wildman–Crippen LogP) is 1.61. The summed E-state index contributed by atoms with van der Waals surface area (Å²) in [6.45, 7) is 1.97. The van der Waals surface area contributed by atoms with Crippen LogP contribution in [0.4, 0.5) is 9.59 Å². The fourth-order valence-electron chi connectivity index (χ4n) is 3.41. The van der Waals surface area contributed by atoms with Crippen molar-refractivity contribution < 1.29 is 24.2 Å². The molecule has 0 saturated carbocycles. The first kappa shape index (κ1) is 18.0. The van der Waals surface area contributed by atoms with Crippen LogP contribution in [0.1, 0.15) is 18.4 Å². The molecule has 140 valence electrons. The van der Waals surface area contributed by atoms with Gasteiger partial charge < -0.3 is 19.6 Å². The zero-order valence-corrected chi connectivity index (χ0v) is 14.5. The van der Waals surface area contributed by atoms with E-state index < -0.39 is 6.09 Å². The van der Waals surface area contributed by atoms with Crippen LogP contribution in [-0.4, -0.2) is 76.7 Å². The first-order valence-electron chi connectivity index (χ1n) is 8.77. The maximum Gasteiger partial charge on any atom is 0.410 e. The zero-order chi connectivity index (χ0) is 18.5. The monoisotopic (exact) mass is 361 g/mol. The molecule has 0 aliphatic carbocycles. The maximum absolute atomic E-state index is 12.2. The van der Waals surface area contributed by atoms with Gasteiger partial charge in [0.05, 0.1) is 0 Å². The molecule has 0 unspecified atom stereocenters. The van der Waals surface area contributed by atoms with Gasteiger partial charge in [-0.25, -0.2) is 9.59 Å². The zero-order valence-electron chi connectivity index (χ0n) is 14.5. The molecule has 0 radical (unpaired) electrons. The van der Waals surface area contributed by atoms with Crippen LogP contribution in [0.5, 0.6) is 0 Å². The number of ether oxygens (including phenoxy) is 1. The highest BCUT2D eigenvalue weighted by Crippen LogP contribution is 2.20. The van der Waals surface area contributed by atoms with Gasteiger partial charge in [0.25, 0.3) is 0 Å². The van der Waals surface area contributed by atoms with Crippen LogP contribution in [-0.2, 0) is 16.1 Å². The van der Waals surface area contributed by atoms with Gasteiger partial charge in [-0.2, -0.15) is 0 Å². The lowest BCUT2D eigenvalue weighted by atomic mass is 10.0. The van der Waals surface area contributed by atoms with E-state index in [4.69, 9.17) is 9.84 Å². The molecule has 2 aliphatic rings. The normalized spacial score (nSPS) is 18.8. The molecule has 0 spiro atoms. The summed E-state index contributed by atoms with van der Waals surface area (Å²) in [6, 6.07) is 9.57. The summed E-state index contributed by atoms with van der Waals surface area (Å²) in [7, 11) is 0. The van der Waals surface area contributed by atoms with E-state index in [1.807, 2.05) is 30.3 Å². The summed E-state index contributed by atoms with van der Waals surface area (Å²) in [4.78, 5) is 39.9. The highest BCUT2D eigenvalue weighted by atomic mass is 16.6. The van der Waals surface area contributed by atoms with E-state index in [0.717, 1.165) is 10.5 Å². The quantitative estimate of drug-likeness (QED) is 0.883. The molecule has 2 saturated heterocycles. The highest BCUT2D eigenvalue weighted by Gasteiger charge is 2.34. The van der Waals surface area contributed by atoms with E-state index in [-0.39, 0.29) is 31.2 Å². The molecule has 8 nitrogen and oxygen atoms in total. The van der Waals surface area contributed by atoms with E-state index in [1.54, 1.807) is 9.80 Å². The minimum atomic E-state index is -1.06. The lowest BCUT2D eigenvalue weighted by molar-refractivity contribution is -0.138. The first-order valence-corrected chi connectivity index (χ1v) is 8.77. The number of hydrogen-bond acceptors (Lipinski definition) is 4. The Kier molecular flexibility index (Phi) is 5.60. The van der Waals surface area contributed by atoms with E-state index in [2.05, 4.69) is 0 Å². The van der Waals surface area contributed by atoms with Crippen LogP contribution in [0.25, 0.3) is 0 Å². The number of rotatable bonds is 3. The molecule has 0 atom stereocenters. The molecule has 1 aromatic carbocycles. The van der Waals surface area contributed by atoms with Crippen LogP contribution in [0.3, 0.4) is 0 Å². The van der Waals surface area contributed by atoms with Gasteiger partial charge in [-0.05, 0) is 18.4 Å². The number of piperazine rings is 1. The SMILES string of the molecule is O=C(O)N1CCN(C2CCN(C(=O)OCc3ccccc3)CC2)C(=O)C1. The van der Waals surface area contributed by atoms with E-state index >= 15 is 0 Å². The number of carboxylic acid groups (broad SMARTS) is 1. The molecule has 2 aliphatic heterocycles. The third-order valence-electron chi connectivity index (χ3n) is 4.90. The summed E-state index contributed by atoms with van der Waals surface area (Å²) >= 11 is 0. The third-order valence-corrected chi connectivity index (χ3v) is 4.90. The number of carbonyl (C=O) groups is 3. The average molecular weight is 361 g/mol. The number of amides is 3. The molecule has 1 N–H and O–H groups in total. The second kappa shape index (κ2) is 8.07. The minimum Gasteiger partial charge on any atom is -0.465 e. The lowest BCUT2D eigenvalue weighted by Crippen LogP contribution is -2.57. The Labute approximate surface area is 151 Å². The van der Waals surface area contributed by atoms with Gasteiger partial charge in [0.1, 0.15) is 13.2 Å². The number of piperidine rings is 1. The summed E-state index contributed by atoms with van der Waals surface area (Å²) in [5, 5.41) is 8.98. The molecular weight excluding hydrogens is 338 g/mol. The predicted molar refractivity (Wildman–Crippen MR) is 92.5 cm³/mol. The first-order chi connectivity index (χ1) is 12.5. The second-order valence-corrected chi connectivity index (χ2v) is 6.55. The topological polar surface area (TPSA) is 90.4 Å². The smallest absolute Gasteiger partial charge is 0.410 e. The molecule has 3 amide bonds. The fraction of sp³-hybridized carbons (Fsp3) is 0.500. The molecule has 0 bridgehead atoms. The van der Waals surface area contributed by atoms with Gasteiger partial charge in [0.2, 0.25) is 5.91 Å². The fourth-order valence-corrected chi connectivity index (χ4v) is 3.41. The molecule has 1 aromatic rings. The lowest BCUT2D eigenvalue weighted by Gasteiger charge is -2.41. The summed E-state index contributed by atoms with van der Waals surface area (Å²) in [5.74, 6) is -0.163. The highest BCUT2D eigenvalue weighted by molar-refractivity contribution is 5.83. The van der Waals surface area contributed by atoms with Crippen LogP contribution >= 0.6 is 0 Å². The number of hydrogen-bond donors (Lipinski definition) is 1. The Balaban J connectivity index is 1.44. The summed E-state index contributed by atoms with van der Waals surface area (Å²) in [6.07, 6.45) is -0.0401. The van der Waals surface area contributed by atoms with Crippen molar-refractivity contribution in [1.82, 2.24) is 14.7 Å². The maximum atomic E-state index is 12.2. The number of benzene rings is 1. The Morgan fingerprint density at radius 2 is 1.73 bits per heavy atom. The Hall–Kier alpha value is -2.77. The molecule has 3 rings (SSSR count). The van der Waals surface area contributed by atoms with Gasteiger partial charge >= 0.3 is 12.2 Å². The molecule has 8 heteroatoms. The van der Waals surface area contributed by atoms with Gasteiger partial charge in [-0.1, -0.05) is 30.3 Å². The number of carbonyl (C=O) groups excluding carboxylic acids is 2. The Bertz CT molecular complexity index is 658. The van der Waals surface area contributed by atoms with Crippen molar-refractivity contribution in [3.8, 4) is 0 Å². The largest absolute Gasteiger partial charge is 0.465 e. The van der Waals surface area contributed by atoms with Crippen molar-refractivity contribution in [3.05, 3.63) is 35.9 Å². The van der Waals surface area contributed by atoms with Crippen LogP contribution in [0.15, 0.2) is 30.3 Å². The van der Waals surface area contributed by atoms with E-state index in [9.17, 15) is 14.4 Å². The van der Waals surface area contributed by atoms with Crippen LogP contribution < -0.4 is 0 Å². The van der Waals surface area contributed by atoms with E-state index in [1.165, 1.54) is 0 Å². The molecular formula is C18H23N3O5. The number of likely N-dealkylation sites (tertiary alicyclic amines) is 1. The molecule has 26 heavy (non-hydrogen) atoms. The summed E-state index contributed by atoms with van der Waals surface area (Å²) < 4.78 is 5.34. The van der Waals surface area contributed by atoms with Crippen LogP contribution in [0.2, 0.25) is 0 Å². The van der Waals surface area contributed by atoms with Crippen molar-refractivity contribution in [3.63, 3.8) is 0 Å². The third kappa shape index (κ3) is 4.25. The molecule has 2 heterocycles. The van der Waals surface area contributed by atoms with Crippen molar-refractivity contribution in [2.24, 2.45) is 0 Å². The Morgan fingerprint density at radius 1 is 1.04 bits per heavy atom. The van der Waals surface area contributed by atoms with Crippen LogP contribution in [0, 0.1) is 0 Å². The standard InChI is InChI=1S/C18H23N3O5/c22-16-12-20(17(23)24)10-11-21(16)15-6-8-19(9-7-15)18(25)26-13-14-4-2-1-3-5-14/h1-5,15H,6-13H2,(H,23,24). The van der Waals surface area contributed by atoms with Crippen molar-refractivity contribution in [1.29, 1.82) is 0 Å². The van der Waals surface area contributed by atoms with Gasteiger partial charge in [-0.15, -0.1) is 0 Å². The molecule has 0 aromatic heterocycles. The van der Waals surface area contributed by atoms with Gasteiger partial charge in [0.15, 0.2) is 0 Å². The Morgan fingerprint density at radius 3 is 2.35 bits per heavy atom. The summed E-state index contributed by atoms with van der Waals surface area (Å²) in [5.41, 5.74) is 0.942. The van der Waals surface area contributed by atoms with Crippen molar-refractivity contribution in [2.45, 2.75) is 25.5 Å².